The maximum atomic E-state index is 13.8. The second-order valence-corrected chi connectivity index (χ2v) is 5.55. The highest BCUT2D eigenvalue weighted by molar-refractivity contribution is 9.10. The van der Waals surface area contributed by atoms with E-state index in [1.54, 1.807) is 12.1 Å². The van der Waals surface area contributed by atoms with E-state index in [1.165, 1.54) is 24.3 Å². The lowest BCUT2D eigenvalue weighted by molar-refractivity contribution is 0.428. The van der Waals surface area contributed by atoms with E-state index < -0.39 is 5.82 Å². The Morgan fingerprint density at radius 1 is 1.14 bits per heavy atom. The van der Waals surface area contributed by atoms with Gasteiger partial charge in [-0.15, -0.1) is 0 Å². The number of hydrogen-bond acceptors (Lipinski definition) is 2. The van der Waals surface area contributed by atoms with Crippen LogP contribution in [0.4, 0.5) is 8.78 Å². The van der Waals surface area contributed by atoms with Crippen LogP contribution in [-0.2, 0) is 0 Å². The number of rotatable bonds is 5. The Bertz CT molecular complexity index is 634. The van der Waals surface area contributed by atoms with Crippen molar-refractivity contribution in [1.29, 1.82) is 0 Å². The van der Waals surface area contributed by atoms with Crippen LogP contribution < -0.4 is 10.1 Å². The molecule has 0 saturated heterocycles. The number of halogens is 3. The minimum absolute atomic E-state index is 0.0981. The van der Waals surface area contributed by atoms with Crippen molar-refractivity contribution in [1.82, 2.24) is 5.32 Å². The summed E-state index contributed by atoms with van der Waals surface area (Å²) in [7, 11) is 0. The van der Waals surface area contributed by atoms with Gasteiger partial charge in [0.05, 0.1) is 0 Å². The van der Waals surface area contributed by atoms with Gasteiger partial charge in [0.1, 0.15) is 11.6 Å². The largest absolute Gasteiger partial charge is 0.454 e. The molecular weight excluding hydrogens is 340 g/mol. The van der Waals surface area contributed by atoms with Crippen molar-refractivity contribution < 1.29 is 13.5 Å². The standard InChI is InChI=1S/C16H16BrF2NO/c1-3-20-10(2)13-9-12(18)5-7-15(13)21-16-8-11(17)4-6-14(16)19/h4-10,20H,3H2,1-2H3. The summed E-state index contributed by atoms with van der Waals surface area (Å²) in [4.78, 5) is 0. The number of nitrogens with one attached hydrogen (secondary N) is 1. The molecule has 1 unspecified atom stereocenters. The Kier molecular flexibility index (Phi) is 5.31. The Labute approximate surface area is 131 Å². The van der Waals surface area contributed by atoms with Crippen molar-refractivity contribution in [3.63, 3.8) is 0 Å². The van der Waals surface area contributed by atoms with Crippen molar-refractivity contribution in [3.8, 4) is 11.5 Å². The Hall–Kier alpha value is -1.46. The van der Waals surface area contributed by atoms with Gasteiger partial charge >= 0.3 is 0 Å². The molecule has 0 radical (unpaired) electrons. The summed E-state index contributed by atoms with van der Waals surface area (Å²) in [5.41, 5.74) is 0.649. The van der Waals surface area contributed by atoms with Crippen LogP contribution in [0.5, 0.6) is 11.5 Å². The lowest BCUT2D eigenvalue weighted by Gasteiger charge is -2.18. The fourth-order valence-electron chi connectivity index (χ4n) is 2.04. The van der Waals surface area contributed by atoms with Gasteiger partial charge in [-0.2, -0.15) is 0 Å². The third-order valence-corrected chi connectivity index (χ3v) is 3.56. The average Bonchev–Trinajstić information content (AvgIpc) is 2.45. The highest BCUT2D eigenvalue weighted by atomic mass is 79.9. The predicted octanol–water partition coefficient (Wildman–Crippen LogP) is 5.19. The predicted molar refractivity (Wildman–Crippen MR) is 82.7 cm³/mol. The summed E-state index contributed by atoms with van der Waals surface area (Å²) >= 11 is 3.27. The molecule has 0 aliphatic carbocycles. The summed E-state index contributed by atoms with van der Waals surface area (Å²) in [5, 5.41) is 3.19. The Balaban J connectivity index is 2.37. The minimum atomic E-state index is -0.468. The van der Waals surface area contributed by atoms with Crippen molar-refractivity contribution in [3.05, 3.63) is 58.1 Å². The minimum Gasteiger partial charge on any atom is -0.454 e. The Morgan fingerprint density at radius 2 is 1.90 bits per heavy atom. The monoisotopic (exact) mass is 355 g/mol. The lowest BCUT2D eigenvalue weighted by atomic mass is 10.1. The first-order chi connectivity index (χ1) is 10.0. The zero-order valence-electron chi connectivity index (χ0n) is 11.8. The quantitative estimate of drug-likeness (QED) is 0.796. The molecule has 2 aromatic rings. The third-order valence-electron chi connectivity index (χ3n) is 3.06. The van der Waals surface area contributed by atoms with E-state index in [0.717, 1.165) is 6.54 Å². The fourth-order valence-corrected chi connectivity index (χ4v) is 2.38. The SMILES string of the molecule is CCNC(C)c1cc(F)ccc1Oc1cc(Br)ccc1F. The van der Waals surface area contributed by atoms with Crippen LogP contribution in [0.3, 0.4) is 0 Å². The van der Waals surface area contributed by atoms with Crippen LogP contribution in [0, 0.1) is 11.6 Å². The normalized spacial score (nSPS) is 12.2. The van der Waals surface area contributed by atoms with Crippen LogP contribution in [-0.4, -0.2) is 6.54 Å². The Morgan fingerprint density at radius 3 is 2.62 bits per heavy atom. The van der Waals surface area contributed by atoms with Crippen molar-refractivity contribution in [2.24, 2.45) is 0 Å². The first kappa shape index (κ1) is 15.9. The molecule has 2 nitrogen and oxygen atoms in total. The first-order valence-corrected chi connectivity index (χ1v) is 7.46. The summed E-state index contributed by atoms with van der Waals surface area (Å²) in [6.07, 6.45) is 0. The third kappa shape index (κ3) is 4.02. The van der Waals surface area contributed by atoms with Crippen LogP contribution in [0.15, 0.2) is 40.9 Å². The second kappa shape index (κ2) is 7.00. The van der Waals surface area contributed by atoms with Crippen molar-refractivity contribution in [2.45, 2.75) is 19.9 Å². The van der Waals surface area contributed by atoms with Crippen LogP contribution in [0.25, 0.3) is 0 Å². The van der Waals surface area contributed by atoms with Gasteiger partial charge < -0.3 is 10.1 Å². The van der Waals surface area contributed by atoms with E-state index in [4.69, 9.17) is 4.74 Å². The van der Waals surface area contributed by atoms with E-state index in [-0.39, 0.29) is 17.6 Å². The first-order valence-electron chi connectivity index (χ1n) is 6.67. The summed E-state index contributed by atoms with van der Waals surface area (Å²) in [6.45, 7) is 4.61. The van der Waals surface area contributed by atoms with Gasteiger partial charge in [0.2, 0.25) is 0 Å². The molecule has 1 atom stereocenters. The van der Waals surface area contributed by atoms with E-state index in [1.807, 2.05) is 13.8 Å². The molecule has 0 saturated carbocycles. The molecule has 0 aliphatic heterocycles. The van der Waals surface area contributed by atoms with Gasteiger partial charge in [-0.3, -0.25) is 0 Å². The van der Waals surface area contributed by atoms with E-state index >= 15 is 0 Å². The smallest absolute Gasteiger partial charge is 0.165 e. The number of ether oxygens (including phenoxy) is 1. The zero-order chi connectivity index (χ0) is 15.4. The highest BCUT2D eigenvalue weighted by Gasteiger charge is 2.14. The van der Waals surface area contributed by atoms with Crippen molar-refractivity contribution in [2.75, 3.05) is 6.54 Å². The summed E-state index contributed by atoms with van der Waals surface area (Å²) in [5.74, 6) is -0.288. The molecule has 0 bridgehead atoms. The highest BCUT2D eigenvalue weighted by Crippen LogP contribution is 2.33. The second-order valence-electron chi connectivity index (χ2n) is 4.64. The molecule has 0 amide bonds. The van der Waals surface area contributed by atoms with Crippen LogP contribution in [0.1, 0.15) is 25.5 Å². The molecule has 0 heterocycles. The van der Waals surface area contributed by atoms with E-state index in [2.05, 4.69) is 21.2 Å². The molecule has 0 aromatic heterocycles. The van der Waals surface area contributed by atoms with Gasteiger partial charge in [-0.25, -0.2) is 8.78 Å². The molecule has 21 heavy (non-hydrogen) atoms. The van der Waals surface area contributed by atoms with Gasteiger partial charge in [-0.05, 0) is 49.9 Å². The van der Waals surface area contributed by atoms with Gasteiger partial charge in [0.15, 0.2) is 11.6 Å². The van der Waals surface area contributed by atoms with Crippen LogP contribution >= 0.6 is 15.9 Å². The average molecular weight is 356 g/mol. The molecular formula is C16H16BrF2NO. The van der Waals surface area contributed by atoms with E-state index in [0.29, 0.717) is 15.8 Å². The van der Waals surface area contributed by atoms with E-state index in [9.17, 15) is 8.78 Å². The van der Waals surface area contributed by atoms with Gasteiger partial charge in [-0.1, -0.05) is 22.9 Å². The molecule has 2 rings (SSSR count). The number of benzene rings is 2. The van der Waals surface area contributed by atoms with Crippen molar-refractivity contribution >= 4 is 15.9 Å². The fraction of sp³-hybridized carbons (Fsp3) is 0.250. The molecule has 5 heteroatoms. The number of hydrogen-bond donors (Lipinski definition) is 1. The molecule has 0 spiro atoms. The zero-order valence-corrected chi connectivity index (χ0v) is 13.4. The molecule has 2 aromatic carbocycles. The maximum Gasteiger partial charge on any atom is 0.165 e. The topological polar surface area (TPSA) is 21.3 Å². The maximum absolute atomic E-state index is 13.8. The molecule has 0 fully saturated rings. The molecule has 0 aliphatic rings. The molecule has 112 valence electrons. The van der Waals surface area contributed by atoms with Crippen LogP contribution in [0.2, 0.25) is 0 Å². The summed E-state index contributed by atoms with van der Waals surface area (Å²) in [6, 6.07) is 8.56. The lowest BCUT2D eigenvalue weighted by Crippen LogP contribution is -2.18. The van der Waals surface area contributed by atoms with Gasteiger partial charge in [0.25, 0.3) is 0 Å². The van der Waals surface area contributed by atoms with Gasteiger partial charge in [0, 0.05) is 16.1 Å². The molecule has 1 N–H and O–H groups in total. The summed E-state index contributed by atoms with van der Waals surface area (Å²) < 4.78 is 33.6.